The minimum Gasteiger partial charge on any atom is -1.00 e. The fourth-order valence-corrected chi connectivity index (χ4v) is 5.50. The molecule has 0 aliphatic heterocycles. The molecule has 2 aliphatic rings. The maximum absolute atomic E-state index is 12.2. The molecule has 0 aromatic heterocycles. The van der Waals surface area contributed by atoms with Crippen molar-refractivity contribution in [1.82, 2.24) is 0 Å². The van der Waals surface area contributed by atoms with Crippen LogP contribution in [0.1, 0.15) is 97.1 Å². The van der Waals surface area contributed by atoms with Crippen LogP contribution in [0.5, 0.6) is 0 Å². The molecule has 3 aromatic carbocycles. The number of allylic oxidation sites excluding steroid dienone is 4. The molecule has 0 N–H and O–H groups in total. The van der Waals surface area contributed by atoms with Gasteiger partial charge in [-0.25, -0.2) is 5.57 Å². The van der Waals surface area contributed by atoms with Gasteiger partial charge in [-0.3, -0.25) is 6.08 Å². The fourth-order valence-electron chi connectivity index (χ4n) is 5.03. The number of hydrogen-bond acceptors (Lipinski definition) is 0. The van der Waals surface area contributed by atoms with Gasteiger partial charge in [0.15, 0.2) is 0 Å². The molecule has 42 heavy (non-hydrogen) atoms. The van der Waals surface area contributed by atoms with Crippen LogP contribution in [-0.4, -0.2) is 3.71 Å². The molecule has 0 nitrogen and oxygen atoms in total. The van der Waals surface area contributed by atoms with E-state index in [-0.39, 0.29) is 41.5 Å². The van der Waals surface area contributed by atoms with Gasteiger partial charge in [-0.1, -0.05) is 116 Å². The zero-order chi connectivity index (χ0) is 29.8. The topological polar surface area (TPSA) is 0 Å². The molecule has 2 aliphatic carbocycles. The van der Waals surface area contributed by atoms with Crippen LogP contribution >= 0.6 is 0 Å². The average Bonchev–Trinajstić information content (AvgIpc) is 3.42. The minimum absolute atomic E-state index is 0. The van der Waals surface area contributed by atoms with Gasteiger partial charge in [0, 0.05) is 0 Å². The fraction of sp³-hybridized carbons (Fsp3) is 0.395. The van der Waals surface area contributed by atoms with E-state index in [2.05, 4.69) is 118 Å². The minimum atomic E-state index is -0.170. The van der Waals surface area contributed by atoms with Crippen LogP contribution < -0.4 is 24.8 Å². The molecule has 4 heteroatoms. The zero-order valence-electron chi connectivity index (χ0n) is 26.8. The van der Waals surface area contributed by atoms with Crippen LogP contribution in [-0.2, 0) is 41.5 Å². The van der Waals surface area contributed by atoms with Crippen molar-refractivity contribution in [3.8, 4) is 11.1 Å². The predicted octanol–water partition coefficient (Wildman–Crippen LogP) is 4.15. The monoisotopic (exact) mass is 680 g/mol. The Bertz CT molecular complexity index is 1340. The molecular formula is C38H45Cl2FZr-2. The molecule has 1 unspecified atom stereocenters. The maximum Gasteiger partial charge on any atom is -1.00 e. The zero-order valence-corrected chi connectivity index (χ0v) is 30.8. The molecule has 0 radical (unpaired) electrons. The Hall–Kier alpha value is -1.60. The number of halogens is 3. The number of rotatable bonds is 2. The average molecular weight is 683 g/mol. The van der Waals surface area contributed by atoms with Gasteiger partial charge in [-0.15, -0.1) is 5.56 Å². The third-order valence-electron chi connectivity index (χ3n) is 7.49. The second-order valence-electron chi connectivity index (χ2n) is 13.4. The van der Waals surface area contributed by atoms with Crippen LogP contribution in [0, 0.1) is 29.8 Å². The Balaban J connectivity index is 0.000000353. The van der Waals surface area contributed by atoms with Crippen molar-refractivity contribution in [2.75, 3.05) is 0 Å². The molecule has 0 saturated carbocycles. The van der Waals surface area contributed by atoms with E-state index in [9.17, 15) is 4.39 Å². The van der Waals surface area contributed by atoms with Gasteiger partial charge in [0.25, 0.3) is 0 Å². The first-order chi connectivity index (χ1) is 18.6. The first-order valence-corrected chi connectivity index (χ1v) is 15.8. The van der Waals surface area contributed by atoms with Crippen molar-refractivity contribution < 1.29 is 53.4 Å². The van der Waals surface area contributed by atoms with Crippen LogP contribution in [0.25, 0.3) is 11.1 Å². The summed E-state index contributed by atoms with van der Waals surface area (Å²) in [6.45, 7) is 22.4. The summed E-state index contributed by atoms with van der Waals surface area (Å²) in [5.74, 6) is 1.03. The van der Waals surface area contributed by atoms with Crippen molar-refractivity contribution in [3.63, 3.8) is 0 Å². The molecule has 0 spiro atoms. The number of benzene rings is 3. The Morgan fingerprint density at radius 1 is 0.881 bits per heavy atom. The number of fused-ring (bicyclic) bond motifs is 3. The summed E-state index contributed by atoms with van der Waals surface area (Å²) in [7, 11) is 0. The van der Waals surface area contributed by atoms with Crippen LogP contribution in [0.3, 0.4) is 0 Å². The molecular weight excluding hydrogens is 638 g/mol. The molecule has 1 atom stereocenters. The number of hydrogen-bond donors (Lipinski definition) is 0. The van der Waals surface area contributed by atoms with Gasteiger partial charge in [0.2, 0.25) is 0 Å². The van der Waals surface area contributed by atoms with Gasteiger partial charge < -0.3 is 24.8 Å². The van der Waals surface area contributed by atoms with E-state index in [1.807, 2.05) is 3.71 Å². The van der Waals surface area contributed by atoms with E-state index < -0.39 is 0 Å². The third kappa shape index (κ3) is 10.2. The second kappa shape index (κ2) is 15.9. The predicted molar refractivity (Wildman–Crippen MR) is 167 cm³/mol. The largest absolute Gasteiger partial charge is 1.00 e. The molecule has 3 aromatic rings. The van der Waals surface area contributed by atoms with Gasteiger partial charge in [0.05, 0.1) is 0 Å². The molecule has 224 valence electrons. The van der Waals surface area contributed by atoms with E-state index in [4.69, 9.17) is 0 Å². The Morgan fingerprint density at radius 2 is 1.45 bits per heavy atom. The van der Waals surface area contributed by atoms with E-state index in [0.717, 1.165) is 12.0 Å². The van der Waals surface area contributed by atoms with Crippen molar-refractivity contribution >= 4 is 3.71 Å². The van der Waals surface area contributed by atoms with E-state index in [0.29, 0.717) is 11.8 Å². The molecule has 0 heterocycles. The second-order valence-corrected chi connectivity index (χ2v) is 14.1. The van der Waals surface area contributed by atoms with Crippen LogP contribution in [0.4, 0.5) is 4.39 Å². The standard InChI is InChI=1S/C21H25.C10H15.C7H5F.2ClH.Zr/c1-20(2,3)16-9-7-14-11-15-8-10-17(21(4,5)6)13-19(15)18(14)12-16;1-7(2)10-6-8(3)5-9(10)4;1-6-2-4-7(8)5-3-6;;;/h7,9-10,12-13H,11H2,1-6H3;6-8H,1-4H3;1-5H;2*1H;/q2*-1;;;;+2/p-2. The normalized spacial score (nSPS) is 15.0. The molecule has 0 amide bonds. The van der Waals surface area contributed by atoms with E-state index in [1.165, 1.54) is 80.9 Å². The molecule has 0 saturated heterocycles. The van der Waals surface area contributed by atoms with Crippen molar-refractivity contribution in [2.24, 2.45) is 11.8 Å². The quantitative estimate of drug-likeness (QED) is 0.279. The first kappa shape index (κ1) is 38.4. The Kier molecular flexibility index (Phi) is 14.6. The SMILES string of the molecule is CC(C)(C)c1c[c-]c2c(c1)-c1cc(C(C)(C)C)ccc1C2.CC1=[C-]C(C)C=C1C(C)C.Fc1ccc([CH]=[Zr+2])cc1.[Cl-].[Cl-]. The molecule has 0 fully saturated rings. The maximum atomic E-state index is 12.2. The van der Waals surface area contributed by atoms with Gasteiger partial charge in [0.1, 0.15) is 0 Å². The van der Waals surface area contributed by atoms with E-state index >= 15 is 0 Å². The van der Waals surface area contributed by atoms with Crippen molar-refractivity contribution in [1.29, 1.82) is 0 Å². The van der Waals surface area contributed by atoms with Crippen molar-refractivity contribution in [3.05, 3.63) is 118 Å². The summed E-state index contributed by atoms with van der Waals surface area (Å²) in [6, 6.07) is 21.5. The van der Waals surface area contributed by atoms with Crippen molar-refractivity contribution in [2.45, 2.75) is 86.5 Å². The molecule has 5 rings (SSSR count). The van der Waals surface area contributed by atoms with Gasteiger partial charge >= 0.3 is 68.0 Å². The summed E-state index contributed by atoms with van der Waals surface area (Å²) in [5, 5.41) is 0. The summed E-state index contributed by atoms with van der Waals surface area (Å²) in [6.07, 6.45) is 6.71. The van der Waals surface area contributed by atoms with Crippen LogP contribution in [0.2, 0.25) is 0 Å². The Labute approximate surface area is 282 Å². The summed E-state index contributed by atoms with van der Waals surface area (Å²) < 4.78 is 14.2. The third-order valence-corrected chi connectivity index (χ3v) is 8.31. The summed E-state index contributed by atoms with van der Waals surface area (Å²) in [5.41, 5.74) is 12.7. The molecule has 0 bridgehead atoms. The van der Waals surface area contributed by atoms with Crippen LogP contribution in [0.15, 0.2) is 71.8 Å². The van der Waals surface area contributed by atoms with E-state index in [1.54, 1.807) is 12.1 Å². The first-order valence-electron chi connectivity index (χ1n) is 14.4. The van der Waals surface area contributed by atoms with Gasteiger partial charge in [-0.05, 0) is 17.4 Å². The summed E-state index contributed by atoms with van der Waals surface area (Å²) in [4.78, 5) is 0. The Morgan fingerprint density at radius 3 is 1.90 bits per heavy atom. The summed E-state index contributed by atoms with van der Waals surface area (Å²) >= 11 is 1.34. The van der Waals surface area contributed by atoms with Gasteiger partial charge in [-0.2, -0.15) is 41.0 Å². The smallest absolute Gasteiger partial charge is 1.00 e.